The van der Waals surface area contributed by atoms with Crippen LogP contribution in [0.15, 0.2) is 180 Å². The molecule has 6 heteroatoms. The van der Waals surface area contributed by atoms with Crippen molar-refractivity contribution in [3.63, 3.8) is 0 Å². The second-order valence-electron chi connectivity index (χ2n) is 27.3. The topological polar surface area (TPSA) is 22.9 Å². The largest absolute Gasteiger partial charge is 0.454 e. The van der Waals surface area contributed by atoms with Crippen molar-refractivity contribution in [3.05, 3.63) is 198 Å². The van der Waals surface area contributed by atoms with Gasteiger partial charge in [0.15, 0.2) is 5.58 Å². The van der Waals surface area contributed by atoms with Crippen LogP contribution in [0.25, 0.3) is 53.2 Å². The Morgan fingerprint density at radius 2 is 1.06 bits per heavy atom. The van der Waals surface area contributed by atoms with E-state index in [1.807, 2.05) is 11.3 Å². The van der Waals surface area contributed by atoms with Gasteiger partial charge in [0, 0.05) is 76.0 Å². The Kier molecular flexibility index (Phi) is 10.5. The van der Waals surface area contributed by atoms with Gasteiger partial charge in [-0.15, -0.1) is 11.3 Å². The lowest BCUT2D eigenvalue weighted by atomic mass is 9.33. The smallest absolute Gasteiger partial charge is 0.252 e. The van der Waals surface area contributed by atoms with Gasteiger partial charge in [0.1, 0.15) is 5.58 Å². The van der Waals surface area contributed by atoms with E-state index in [1.165, 1.54) is 123 Å². The molecule has 3 aliphatic heterocycles. The SMILES string of the molecule is CC(C)(C)c1ccc2c(c1)B1c3cc4sc5ccccc5c4cc3N(c3ccc(C(C)(C)C)cc3-c3ccccc3)c3cc(N4c5ccc(C(C)(C)C)cc5C5(C)CCCCC45C)cc(c31)N2c1cccc2c1oc1ccccc12. The zero-order valence-corrected chi connectivity index (χ0v) is 49.1. The van der Waals surface area contributed by atoms with E-state index in [4.69, 9.17) is 4.42 Å². The molecule has 0 saturated heterocycles. The maximum absolute atomic E-state index is 7.12. The van der Waals surface area contributed by atoms with E-state index >= 15 is 0 Å². The molecule has 2 unspecified atom stereocenters. The summed E-state index contributed by atoms with van der Waals surface area (Å²) in [5.74, 6) is 0. The average Bonchev–Trinajstić information content (AvgIpc) is 4.13. The van der Waals surface area contributed by atoms with E-state index < -0.39 is 0 Å². The number of benzene rings is 9. The summed E-state index contributed by atoms with van der Waals surface area (Å²) in [5.41, 5.74) is 22.8. The molecule has 15 rings (SSSR count). The molecule has 4 nitrogen and oxygen atoms in total. The molecule has 9 aromatic carbocycles. The Morgan fingerprint density at radius 1 is 0.463 bits per heavy atom. The third-order valence-corrected chi connectivity index (χ3v) is 20.6. The molecule has 1 saturated carbocycles. The Hall–Kier alpha value is -7.54. The van der Waals surface area contributed by atoms with E-state index in [0.29, 0.717) is 0 Å². The molecular formula is C74H70BN3OS. The van der Waals surface area contributed by atoms with E-state index in [1.54, 1.807) is 0 Å². The van der Waals surface area contributed by atoms with Crippen molar-refractivity contribution in [1.29, 1.82) is 0 Å². The van der Waals surface area contributed by atoms with Crippen molar-refractivity contribution in [2.75, 3.05) is 14.7 Å². The van der Waals surface area contributed by atoms with Crippen LogP contribution in [0.4, 0.5) is 45.5 Å². The highest BCUT2D eigenvalue weighted by atomic mass is 32.1. The lowest BCUT2D eigenvalue weighted by Crippen LogP contribution is -2.61. The number of hydrogen-bond acceptors (Lipinski definition) is 5. The van der Waals surface area contributed by atoms with Gasteiger partial charge < -0.3 is 19.1 Å². The van der Waals surface area contributed by atoms with E-state index in [0.717, 1.165) is 40.5 Å². The molecular weight excluding hydrogens is 990 g/mol. The molecule has 1 aliphatic carbocycles. The fraction of sp³-hybridized carbons (Fsp3) is 0.270. The van der Waals surface area contributed by atoms with Gasteiger partial charge in [-0.1, -0.05) is 191 Å². The summed E-state index contributed by atoms with van der Waals surface area (Å²) in [5, 5.41) is 4.86. The molecule has 0 N–H and O–H groups in total. The maximum Gasteiger partial charge on any atom is 0.252 e. The standard InChI is InChI=1S/C74H70BN3OS/c1-70(2,3)46-30-33-58(53(38-46)45-22-13-12-14-23-45)76-62-43-54-51-25-16-18-29-66(51)80-67(54)44-57(62)75-56-40-48(72(7,8)9)32-35-60(56)77(61-27-21-26-52-50-24-15-17-28-65(50)79-69(52)61)64-42-49(41-63(76)68(64)75)78-59-34-31-47(71(4,5)6)39-55(59)73(10)36-19-20-37-74(73,78)11/h12-18,21-35,38-44H,19-20,36-37H2,1-11H3. The van der Waals surface area contributed by atoms with Gasteiger partial charge >= 0.3 is 0 Å². The number of nitrogens with zero attached hydrogens (tertiary/aromatic N) is 3. The van der Waals surface area contributed by atoms with E-state index in [9.17, 15) is 0 Å². The first-order valence-corrected chi connectivity index (χ1v) is 30.1. The number of furan rings is 1. The third kappa shape index (κ3) is 7.06. The molecule has 0 amide bonds. The van der Waals surface area contributed by atoms with Gasteiger partial charge in [-0.25, -0.2) is 0 Å². The fourth-order valence-electron chi connectivity index (χ4n) is 14.9. The molecule has 2 aromatic heterocycles. The molecule has 80 heavy (non-hydrogen) atoms. The van der Waals surface area contributed by atoms with Gasteiger partial charge in [-0.2, -0.15) is 0 Å². The molecule has 2 atom stereocenters. The first-order chi connectivity index (χ1) is 38.3. The highest BCUT2D eigenvalue weighted by molar-refractivity contribution is 7.26. The first kappa shape index (κ1) is 49.5. The predicted octanol–water partition coefficient (Wildman–Crippen LogP) is 19.3. The second-order valence-corrected chi connectivity index (χ2v) is 28.3. The number of fused-ring (bicyclic) bond motifs is 13. The highest BCUT2D eigenvalue weighted by Crippen LogP contribution is 2.63. The van der Waals surface area contributed by atoms with Crippen LogP contribution in [-0.2, 0) is 21.7 Å². The van der Waals surface area contributed by atoms with E-state index in [-0.39, 0.29) is 33.9 Å². The lowest BCUT2D eigenvalue weighted by molar-refractivity contribution is 0.195. The van der Waals surface area contributed by atoms with Crippen molar-refractivity contribution in [2.24, 2.45) is 0 Å². The van der Waals surface area contributed by atoms with Gasteiger partial charge in [0.2, 0.25) is 0 Å². The van der Waals surface area contributed by atoms with Gasteiger partial charge in [0.05, 0.1) is 16.9 Å². The van der Waals surface area contributed by atoms with Crippen LogP contribution in [0.2, 0.25) is 0 Å². The Morgan fingerprint density at radius 3 is 1.80 bits per heavy atom. The molecule has 0 radical (unpaired) electrons. The average molecular weight is 1060 g/mol. The monoisotopic (exact) mass is 1060 g/mol. The predicted molar refractivity (Wildman–Crippen MR) is 345 cm³/mol. The van der Waals surface area contributed by atoms with Crippen LogP contribution in [0.3, 0.4) is 0 Å². The molecule has 0 spiro atoms. The number of rotatable bonds is 4. The van der Waals surface area contributed by atoms with E-state index in [2.05, 4.69) is 267 Å². The van der Waals surface area contributed by atoms with Crippen LogP contribution in [-0.4, -0.2) is 12.3 Å². The molecule has 1 fully saturated rings. The normalized spacial score (nSPS) is 18.7. The number of thiophene rings is 1. The quantitative estimate of drug-likeness (QED) is 0.164. The van der Waals surface area contributed by atoms with Gasteiger partial charge in [-0.05, 0) is 147 Å². The maximum atomic E-state index is 7.12. The molecule has 11 aromatic rings. The zero-order valence-electron chi connectivity index (χ0n) is 48.3. The summed E-state index contributed by atoms with van der Waals surface area (Å²) < 4.78 is 9.75. The van der Waals surface area contributed by atoms with Crippen LogP contribution >= 0.6 is 11.3 Å². The van der Waals surface area contributed by atoms with Crippen LogP contribution < -0.4 is 31.1 Å². The summed E-state index contributed by atoms with van der Waals surface area (Å²) in [4.78, 5) is 8.13. The van der Waals surface area contributed by atoms with Gasteiger partial charge in [0.25, 0.3) is 6.71 Å². The summed E-state index contributed by atoms with van der Waals surface area (Å²) in [7, 11) is 0. The van der Waals surface area contributed by atoms with Crippen LogP contribution in [0.5, 0.6) is 0 Å². The minimum Gasteiger partial charge on any atom is -0.454 e. The Labute approximate surface area is 476 Å². The van der Waals surface area contributed by atoms with Crippen molar-refractivity contribution in [2.45, 2.75) is 129 Å². The summed E-state index contributed by atoms with van der Waals surface area (Å²) in [6, 6.07) is 68.1. The summed E-state index contributed by atoms with van der Waals surface area (Å²) >= 11 is 1.92. The number of anilines is 8. The zero-order chi connectivity index (χ0) is 55.0. The van der Waals surface area contributed by atoms with Crippen molar-refractivity contribution >= 4 is 122 Å². The van der Waals surface area contributed by atoms with Crippen LogP contribution in [0.1, 0.15) is 124 Å². The minimum atomic E-state index is -0.203. The number of hydrogen-bond donors (Lipinski definition) is 0. The highest BCUT2D eigenvalue weighted by Gasteiger charge is 2.58. The molecule has 4 aliphatic rings. The van der Waals surface area contributed by atoms with Crippen molar-refractivity contribution < 1.29 is 4.42 Å². The molecule has 5 heterocycles. The van der Waals surface area contributed by atoms with Crippen molar-refractivity contribution in [1.82, 2.24) is 0 Å². The Bertz CT molecular complexity index is 4390. The Balaban J connectivity index is 1.12. The summed E-state index contributed by atoms with van der Waals surface area (Å²) in [6.45, 7) is 26.3. The summed E-state index contributed by atoms with van der Waals surface area (Å²) in [6.07, 6.45) is 4.66. The third-order valence-electron chi connectivity index (χ3n) is 19.5. The van der Waals surface area contributed by atoms with Crippen LogP contribution in [0, 0.1) is 0 Å². The minimum absolute atomic E-state index is 0.0133. The van der Waals surface area contributed by atoms with Crippen molar-refractivity contribution in [3.8, 4) is 11.1 Å². The van der Waals surface area contributed by atoms with Gasteiger partial charge in [-0.3, -0.25) is 0 Å². The molecule has 0 bridgehead atoms. The second kappa shape index (κ2) is 17.0. The number of para-hydroxylation sites is 2. The lowest BCUT2D eigenvalue weighted by Gasteiger charge is -2.51. The molecule has 396 valence electrons. The first-order valence-electron chi connectivity index (χ1n) is 29.2. The fourth-order valence-corrected chi connectivity index (χ4v) is 16.0.